The highest BCUT2D eigenvalue weighted by Gasteiger charge is 2.06. The van der Waals surface area contributed by atoms with Crippen LogP contribution in [-0.4, -0.2) is 13.1 Å². The van der Waals surface area contributed by atoms with E-state index in [0.29, 0.717) is 0 Å². The zero-order valence-corrected chi connectivity index (χ0v) is 6.85. The van der Waals surface area contributed by atoms with E-state index in [1.54, 1.807) is 6.08 Å². The molecule has 1 rings (SSSR count). The molecule has 0 aromatic heterocycles. The lowest BCUT2D eigenvalue weighted by Gasteiger charge is -2.21. The third-order valence-electron chi connectivity index (χ3n) is 1.62. The first-order chi connectivity index (χ1) is 5.38. The molecule has 0 radical (unpaired) electrons. The molecule has 60 valence electrons. The molecule has 0 aliphatic carbocycles. The zero-order valence-electron chi connectivity index (χ0n) is 6.85. The van der Waals surface area contributed by atoms with Crippen molar-refractivity contribution in [1.29, 1.82) is 0 Å². The van der Waals surface area contributed by atoms with Gasteiger partial charge in [-0.05, 0) is 13.0 Å². The minimum atomic E-state index is 0.983. The van der Waals surface area contributed by atoms with Crippen LogP contribution < -0.4 is 10.6 Å². The Bertz CT molecular complexity index is 202. The lowest BCUT2D eigenvalue weighted by atomic mass is 10.2. The van der Waals surface area contributed by atoms with Crippen LogP contribution in [0.3, 0.4) is 0 Å². The van der Waals surface area contributed by atoms with E-state index < -0.39 is 0 Å². The molecule has 1 aliphatic heterocycles. The highest BCUT2D eigenvalue weighted by Crippen LogP contribution is 2.05. The molecule has 2 heteroatoms. The topological polar surface area (TPSA) is 24.1 Å². The molecule has 0 unspecified atom stereocenters. The van der Waals surface area contributed by atoms with Crippen LogP contribution in [0.2, 0.25) is 0 Å². The van der Waals surface area contributed by atoms with Gasteiger partial charge in [0.2, 0.25) is 0 Å². The molecule has 0 atom stereocenters. The Labute approximate surface area is 67.7 Å². The summed E-state index contributed by atoms with van der Waals surface area (Å²) >= 11 is 0. The number of nitrogens with one attached hydrogen (secondary N) is 2. The third-order valence-corrected chi connectivity index (χ3v) is 1.62. The summed E-state index contributed by atoms with van der Waals surface area (Å²) in [5.41, 5.74) is 2.30. The van der Waals surface area contributed by atoms with Gasteiger partial charge < -0.3 is 10.6 Å². The van der Waals surface area contributed by atoms with Crippen LogP contribution in [0, 0.1) is 0 Å². The predicted molar refractivity (Wildman–Crippen MR) is 48.0 cm³/mol. The second-order valence-electron chi connectivity index (χ2n) is 2.37. The number of piperazine rings is 1. The quantitative estimate of drug-likeness (QED) is 0.586. The van der Waals surface area contributed by atoms with Gasteiger partial charge >= 0.3 is 0 Å². The first-order valence-electron chi connectivity index (χ1n) is 3.85. The Morgan fingerprint density at radius 2 is 1.91 bits per heavy atom. The number of allylic oxidation sites excluding steroid dienone is 3. The lowest BCUT2D eigenvalue weighted by Crippen LogP contribution is -2.36. The summed E-state index contributed by atoms with van der Waals surface area (Å²) in [6.45, 7) is 7.65. The molecule has 1 aliphatic rings. The molecule has 0 spiro atoms. The average Bonchev–Trinajstić information content (AvgIpc) is 2.06. The van der Waals surface area contributed by atoms with E-state index >= 15 is 0 Å². The summed E-state index contributed by atoms with van der Waals surface area (Å²) < 4.78 is 0. The number of hydrogen-bond acceptors (Lipinski definition) is 2. The second kappa shape index (κ2) is 3.86. The van der Waals surface area contributed by atoms with Crippen LogP contribution >= 0.6 is 0 Å². The van der Waals surface area contributed by atoms with Crippen molar-refractivity contribution < 1.29 is 0 Å². The highest BCUT2D eigenvalue weighted by molar-refractivity contribution is 5.31. The smallest absolute Gasteiger partial charge is 0.0572 e. The van der Waals surface area contributed by atoms with E-state index in [2.05, 4.69) is 23.3 Å². The molecule has 0 bridgehead atoms. The molecular weight excluding hydrogens is 136 g/mol. The fourth-order valence-electron chi connectivity index (χ4n) is 1.11. The predicted octanol–water partition coefficient (Wildman–Crippen LogP) is 1.15. The molecule has 0 aromatic carbocycles. The summed E-state index contributed by atoms with van der Waals surface area (Å²) in [5, 5.41) is 6.57. The summed E-state index contributed by atoms with van der Waals surface area (Å²) in [7, 11) is 0. The van der Waals surface area contributed by atoms with E-state index in [-0.39, 0.29) is 0 Å². The van der Waals surface area contributed by atoms with Gasteiger partial charge in [0.25, 0.3) is 0 Å². The van der Waals surface area contributed by atoms with Crippen molar-refractivity contribution in [3.8, 4) is 0 Å². The van der Waals surface area contributed by atoms with Gasteiger partial charge in [-0.15, -0.1) is 0 Å². The largest absolute Gasteiger partial charge is 0.382 e. The molecule has 2 nitrogen and oxygen atoms in total. The van der Waals surface area contributed by atoms with E-state index in [9.17, 15) is 0 Å². The minimum absolute atomic E-state index is 0.983. The Hall–Kier alpha value is -1.18. The molecule has 0 saturated carbocycles. The molecule has 1 heterocycles. The van der Waals surface area contributed by atoms with Crippen LogP contribution in [-0.2, 0) is 0 Å². The SMILES string of the molecule is C=C/C=C1/NCCN/C1=C/C. The van der Waals surface area contributed by atoms with E-state index in [1.165, 1.54) is 0 Å². The Balaban J connectivity index is 2.74. The molecular formula is C9H14N2. The fourth-order valence-corrected chi connectivity index (χ4v) is 1.11. The summed E-state index contributed by atoms with van der Waals surface area (Å²) in [6.07, 6.45) is 5.82. The normalized spacial score (nSPS) is 24.5. The van der Waals surface area contributed by atoms with Gasteiger partial charge in [-0.3, -0.25) is 0 Å². The average molecular weight is 150 g/mol. The van der Waals surface area contributed by atoms with Crippen molar-refractivity contribution in [2.24, 2.45) is 0 Å². The van der Waals surface area contributed by atoms with Gasteiger partial charge in [0.15, 0.2) is 0 Å². The minimum Gasteiger partial charge on any atom is -0.382 e. The summed E-state index contributed by atoms with van der Waals surface area (Å²) in [4.78, 5) is 0. The second-order valence-corrected chi connectivity index (χ2v) is 2.37. The van der Waals surface area contributed by atoms with Gasteiger partial charge in [-0.2, -0.15) is 0 Å². The van der Waals surface area contributed by atoms with Gasteiger partial charge in [0, 0.05) is 13.1 Å². The number of rotatable bonds is 1. The van der Waals surface area contributed by atoms with Crippen molar-refractivity contribution in [1.82, 2.24) is 10.6 Å². The van der Waals surface area contributed by atoms with Gasteiger partial charge in [0.1, 0.15) is 0 Å². The van der Waals surface area contributed by atoms with Gasteiger partial charge in [0.05, 0.1) is 11.4 Å². The zero-order chi connectivity index (χ0) is 8.10. The van der Waals surface area contributed by atoms with Crippen LogP contribution in [0.4, 0.5) is 0 Å². The summed E-state index contributed by atoms with van der Waals surface area (Å²) in [5.74, 6) is 0. The van der Waals surface area contributed by atoms with Crippen LogP contribution in [0.15, 0.2) is 36.2 Å². The Kier molecular flexibility index (Phi) is 2.78. The molecule has 1 fully saturated rings. The maximum Gasteiger partial charge on any atom is 0.0572 e. The lowest BCUT2D eigenvalue weighted by molar-refractivity contribution is 0.656. The molecule has 1 saturated heterocycles. The van der Waals surface area contributed by atoms with E-state index in [4.69, 9.17) is 0 Å². The third kappa shape index (κ3) is 1.87. The van der Waals surface area contributed by atoms with Crippen molar-refractivity contribution >= 4 is 0 Å². The maximum atomic E-state index is 3.65. The van der Waals surface area contributed by atoms with Crippen molar-refractivity contribution in [2.45, 2.75) is 6.92 Å². The van der Waals surface area contributed by atoms with Crippen LogP contribution in [0.5, 0.6) is 0 Å². The monoisotopic (exact) mass is 150 g/mol. The van der Waals surface area contributed by atoms with Crippen molar-refractivity contribution in [3.63, 3.8) is 0 Å². The maximum absolute atomic E-state index is 3.65. The van der Waals surface area contributed by atoms with Crippen molar-refractivity contribution in [2.75, 3.05) is 13.1 Å². The number of hydrogen-bond donors (Lipinski definition) is 2. The Morgan fingerprint density at radius 3 is 2.45 bits per heavy atom. The van der Waals surface area contributed by atoms with Crippen LogP contribution in [0.1, 0.15) is 6.92 Å². The first kappa shape index (κ1) is 7.92. The van der Waals surface area contributed by atoms with E-state index in [0.717, 1.165) is 24.5 Å². The highest BCUT2D eigenvalue weighted by atomic mass is 15.0. The fraction of sp³-hybridized carbons (Fsp3) is 0.333. The van der Waals surface area contributed by atoms with Crippen molar-refractivity contribution in [3.05, 3.63) is 36.2 Å². The molecule has 2 N–H and O–H groups in total. The Morgan fingerprint density at radius 1 is 1.27 bits per heavy atom. The van der Waals surface area contributed by atoms with Crippen LogP contribution in [0.25, 0.3) is 0 Å². The molecule has 0 amide bonds. The summed E-state index contributed by atoms with van der Waals surface area (Å²) in [6, 6.07) is 0. The van der Waals surface area contributed by atoms with Gasteiger partial charge in [-0.1, -0.05) is 18.7 Å². The van der Waals surface area contributed by atoms with E-state index in [1.807, 2.05) is 13.0 Å². The molecule has 11 heavy (non-hydrogen) atoms. The van der Waals surface area contributed by atoms with Gasteiger partial charge in [-0.25, -0.2) is 0 Å². The molecule has 0 aromatic rings. The standard InChI is InChI=1S/C9H14N2/c1-3-5-9-8(4-2)10-6-7-11-9/h3-5,10-11H,1,6-7H2,2H3/b8-4+,9-5+. The first-order valence-corrected chi connectivity index (χ1v) is 3.85.